The van der Waals surface area contributed by atoms with Gasteiger partial charge in [-0.25, -0.2) is 0 Å². The molecule has 5 nitrogen and oxygen atoms in total. The van der Waals surface area contributed by atoms with Crippen LogP contribution in [0.5, 0.6) is 5.75 Å². The molecule has 1 saturated heterocycles. The van der Waals surface area contributed by atoms with E-state index in [0.717, 1.165) is 37.2 Å². The van der Waals surface area contributed by atoms with Gasteiger partial charge in [0.2, 0.25) is 11.8 Å². The van der Waals surface area contributed by atoms with Gasteiger partial charge in [-0.15, -0.1) is 0 Å². The van der Waals surface area contributed by atoms with E-state index < -0.39 is 0 Å². The number of hydrogen-bond acceptors (Lipinski definition) is 3. The maximum Gasteiger partial charge on any atom is 0.224 e. The third kappa shape index (κ3) is 5.25. The van der Waals surface area contributed by atoms with E-state index in [2.05, 4.69) is 6.92 Å². The van der Waals surface area contributed by atoms with Crippen molar-refractivity contribution in [1.82, 2.24) is 9.80 Å². The van der Waals surface area contributed by atoms with Gasteiger partial charge < -0.3 is 14.5 Å². The number of hydrogen-bond donors (Lipinski definition) is 0. The zero-order valence-electron chi connectivity index (χ0n) is 15.0. The van der Waals surface area contributed by atoms with E-state index in [0.29, 0.717) is 25.4 Å². The van der Waals surface area contributed by atoms with E-state index in [-0.39, 0.29) is 11.8 Å². The quantitative estimate of drug-likeness (QED) is 0.805. The van der Waals surface area contributed by atoms with Gasteiger partial charge in [-0.05, 0) is 36.5 Å². The highest BCUT2D eigenvalue weighted by atomic mass is 16.5. The van der Waals surface area contributed by atoms with Gasteiger partial charge >= 0.3 is 0 Å². The summed E-state index contributed by atoms with van der Waals surface area (Å²) in [6, 6.07) is 7.66. The standard InChI is InChI=1S/C19H28N2O3/c1-15-8-11-20(12-9-15)19(23)10-13-21(16(2)22)14-17-4-6-18(24-3)7-5-17/h4-7,15H,8-14H2,1-3H3. The zero-order valence-corrected chi connectivity index (χ0v) is 15.0. The summed E-state index contributed by atoms with van der Waals surface area (Å²) >= 11 is 0. The maximum atomic E-state index is 12.3. The normalized spacial score (nSPS) is 15.2. The van der Waals surface area contributed by atoms with E-state index in [1.807, 2.05) is 29.2 Å². The lowest BCUT2D eigenvalue weighted by Crippen LogP contribution is -2.40. The Labute approximate surface area is 144 Å². The van der Waals surface area contributed by atoms with E-state index in [1.165, 1.54) is 0 Å². The van der Waals surface area contributed by atoms with Crippen molar-refractivity contribution < 1.29 is 14.3 Å². The molecule has 1 aliphatic heterocycles. The lowest BCUT2D eigenvalue weighted by atomic mass is 9.99. The second-order valence-corrected chi connectivity index (χ2v) is 6.60. The number of methoxy groups -OCH3 is 1. The highest BCUT2D eigenvalue weighted by molar-refractivity contribution is 5.78. The number of piperidine rings is 1. The molecular formula is C19H28N2O3. The summed E-state index contributed by atoms with van der Waals surface area (Å²) in [7, 11) is 1.63. The number of amides is 2. The molecule has 1 heterocycles. The maximum absolute atomic E-state index is 12.3. The first-order chi connectivity index (χ1) is 11.5. The Bertz CT molecular complexity index is 548. The first-order valence-electron chi connectivity index (χ1n) is 8.66. The average molecular weight is 332 g/mol. The van der Waals surface area contributed by atoms with E-state index in [1.54, 1.807) is 18.9 Å². The predicted molar refractivity (Wildman–Crippen MR) is 93.7 cm³/mol. The third-order valence-electron chi connectivity index (χ3n) is 4.71. The minimum absolute atomic E-state index is 0.00844. The monoisotopic (exact) mass is 332 g/mol. The molecule has 1 aromatic carbocycles. The lowest BCUT2D eigenvalue weighted by molar-refractivity contribution is -0.134. The van der Waals surface area contributed by atoms with Crippen LogP contribution >= 0.6 is 0 Å². The van der Waals surface area contributed by atoms with Gasteiger partial charge in [-0.3, -0.25) is 9.59 Å². The highest BCUT2D eigenvalue weighted by Crippen LogP contribution is 2.17. The molecule has 0 spiro atoms. The Morgan fingerprint density at radius 3 is 2.38 bits per heavy atom. The number of carbonyl (C=O) groups excluding carboxylic acids is 2. The summed E-state index contributed by atoms with van der Waals surface area (Å²) in [6.07, 6.45) is 2.55. The van der Waals surface area contributed by atoms with Crippen LogP contribution in [-0.2, 0) is 16.1 Å². The largest absolute Gasteiger partial charge is 0.497 e. The number of likely N-dealkylation sites (tertiary alicyclic amines) is 1. The number of rotatable bonds is 6. The molecule has 0 aliphatic carbocycles. The molecule has 0 atom stereocenters. The Morgan fingerprint density at radius 1 is 1.21 bits per heavy atom. The van der Waals surface area contributed by atoms with Gasteiger partial charge in [0, 0.05) is 39.5 Å². The fraction of sp³-hybridized carbons (Fsp3) is 0.579. The molecule has 0 aromatic heterocycles. The van der Waals surface area contributed by atoms with E-state index in [4.69, 9.17) is 4.74 Å². The lowest BCUT2D eigenvalue weighted by Gasteiger charge is -2.31. The van der Waals surface area contributed by atoms with Crippen LogP contribution in [0.15, 0.2) is 24.3 Å². The van der Waals surface area contributed by atoms with Crippen LogP contribution in [0.1, 0.15) is 38.7 Å². The minimum Gasteiger partial charge on any atom is -0.497 e. The van der Waals surface area contributed by atoms with Crippen LogP contribution < -0.4 is 4.74 Å². The fourth-order valence-corrected chi connectivity index (χ4v) is 2.95. The van der Waals surface area contributed by atoms with E-state index in [9.17, 15) is 9.59 Å². The van der Waals surface area contributed by atoms with Crippen LogP contribution in [0.3, 0.4) is 0 Å². The number of benzene rings is 1. The Hall–Kier alpha value is -2.04. The average Bonchev–Trinajstić information content (AvgIpc) is 2.59. The van der Waals surface area contributed by atoms with E-state index >= 15 is 0 Å². The molecule has 1 aromatic rings. The van der Waals surface area contributed by atoms with Gasteiger partial charge in [0.05, 0.1) is 7.11 Å². The minimum atomic E-state index is -0.00844. The third-order valence-corrected chi connectivity index (χ3v) is 4.71. The van der Waals surface area contributed by atoms with Crippen molar-refractivity contribution in [3.8, 4) is 5.75 Å². The fourth-order valence-electron chi connectivity index (χ4n) is 2.95. The summed E-state index contributed by atoms with van der Waals surface area (Å²) in [5, 5.41) is 0. The van der Waals surface area contributed by atoms with Crippen molar-refractivity contribution in [3.63, 3.8) is 0 Å². The van der Waals surface area contributed by atoms with Gasteiger partial charge in [-0.1, -0.05) is 19.1 Å². The summed E-state index contributed by atoms with van der Waals surface area (Å²) in [6.45, 7) is 6.46. The molecule has 0 saturated carbocycles. The Morgan fingerprint density at radius 2 is 1.83 bits per heavy atom. The molecule has 0 N–H and O–H groups in total. The first-order valence-corrected chi connectivity index (χ1v) is 8.66. The van der Waals surface area contributed by atoms with Crippen molar-refractivity contribution in [3.05, 3.63) is 29.8 Å². The second kappa shape index (κ2) is 8.71. The Balaban J connectivity index is 1.86. The molecule has 0 bridgehead atoms. The number of ether oxygens (including phenoxy) is 1. The van der Waals surface area contributed by atoms with Gasteiger partial charge in [0.15, 0.2) is 0 Å². The van der Waals surface area contributed by atoms with Crippen LogP contribution in [0.2, 0.25) is 0 Å². The Kier molecular flexibility index (Phi) is 6.64. The zero-order chi connectivity index (χ0) is 17.5. The number of carbonyl (C=O) groups is 2. The molecule has 132 valence electrons. The molecule has 0 unspecified atom stereocenters. The molecule has 1 aliphatic rings. The van der Waals surface area contributed by atoms with Crippen LogP contribution in [0.4, 0.5) is 0 Å². The van der Waals surface area contributed by atoms with Crippen molar-refractivity contribution in [1.29, 1.82) is 0 Å². The summed E-state index contributed by atoms with van der Waals surface area (Å²) in [5.41, 5.74) is 1.03. The van der Waals surface area contributed by atoms with Crippen LogP contribution in [0.25, 0.3) is 0 Å². The van der Waals surface area contributed by atoms with Crippen molar-refractivity contribution in [2.45, 2.75) is 39.7 Å². The smallest absolute Gasteiger partial charge is 0.224 e. The van der Waals surface area contributed by atoms with Gasteiger partial charge in [-0.2, -0.15) is 0 Å². The second-order valence-electron chi connectivity index (χ2n) is 6.60. The van der Waals surface area contributed by atoms with Gasteiger partial charge in [0.1, 0.15) is 5.75 Å². The molecule has 2 rings (SSSR count). The number of nitrogens with zero attached hydrogens (tertiary/aromatic N) is 2. The molecular weight excluding hydrogens is 304 g/mol. The molecule has 24 heavy (non-hydrogen) atoms. The molecule has 5 heteroatoms. The highest BCUT2D eigenvalue weighted by Gasteiger charge is 2.21. The topological polar surface area (TPSA) is 49.9 Å². The molecule has 0 radical (unpaired) electrons. The SMILES string of the molecule is COc1ccc(CN(CCC(=O)N2CCC(C)CC2)C(C)=O)cc1. The van der Waals surface area contributed by atoms with Crippen molar-refractivity contribution in [2.24, 2.45) is 5.92 Å². The molecule has 1 fully saturated rings. The van der Waals surface area contributed by atoms with Crippen LogP contribution in [0, 0.1) is 5.92 Å². The van der Waals surface area contributed by atoms with Gasteiger partial charge in [0.25, 0.3) is 0 Å². The van der Waals surface area contributed by atoms with Crippen molar-refractivity contribution in [2.75, 3.05) is 26.7 Å². The summed E-state index contributed by atoms with van der Waals surface area (Å²) in [4.78, 5) is 27.9. The molecule has 2 amide bonds. The first kappa shape index (κ1) is 18.3. The summed E-state index contributed by atoms with van der Waals surface area (Å²) < 4.78 is 5.14. The van der Waals surface area contributed by atoms with Crippen molar-refractivity contribution >= 4 is 11.8 Å². The predicted octanol–water partition coefficient (Wildman–Crippen LogP) is 2.69. The summed E-state index contributed by atoms with van der Waals surface area (Å²) in [5.74, 6) is 1.65. The van der Waals surface area contributed by atoms with Crippen LogP contribution in [-0.4, -0.2) is 48.4 Å².